The van der Waals surface area contributed by atoms with Crippen molar-refractivity contribution in [3.05, 3.63) is 34.1 Å². The second kappa shape index (κ2) is 5.28. The van der Waals surface area contributed by atoms with Crippen LogP contribution in [-0.2, 0) is 6.42 Å². The molecule has 0 amide bonds. The first-order chi connectivity index (χ1) is 7.28. The molecule has 16 heavy (non-hydrogen) atoms. The number of hydrogen-bond acceptors (Lipinski definition) is 1. The molecule has 90 valence electrons. The van der Waals surface area contributed by atoms with Gasteiger partial charge in [-0.2, -0.15) is 0 Å². The van der Waals surface area contributed by atoms with E-state index in [0.717, 1.165) is 10.9 Å². The number of benzene rings is 1. The Morgan fingerprint density at radius 1 is 1.38 bits per heavy atom. The maximum absolute atomic E-state index is 13.6. The van der Waals surface area contributed by atoms with Crippen LogP contribution in [0, 0.1) is 11.2 Å². The molecule has 1 aromatic rings. The minimum Gasteiger partial charge on any atom is -0.327 e. The van der Waals surface area contributed by atoms with Crippen molar-refractivity contribution in [2.75, 3.05) is 0 Å². The Morgan fingerprint density at radius 2 is 2.00 bits per heavy atom. The second-order valence-electron chi connectivity index (χ2n) is 5.46. The number of hydrogen-bond donors (Lipinski definition) is 1. The monoisotopic (exact) mass is 287 g/mol. The minimum atomic E-state index is -0.182. The summed E-state index contributed by atoms with van der Waals surface area (Å²) in [6.07, 6.45) is 1.49. The van der Waals surface area contributed by atoms with Gasteiger partial charge in [0.15, 0.2) is 0 Å². The fourth-order valence-electron chi connectivity index (χ4n) is 1.83. The highest BCUT2D eigenvalue weighted by atomic mass is 79.9. The highest BCUT2D eigenvalue weighted by Crippen LogP contribution is 2.23. The average molecular weight is 288 g/mol. The third kappa shape index (κ3) is 4.62. The zero-order chi connectivity index (χ0) is 12.3. The molecule has 0 aliphatic rings. The summed E-state index contributed by atoms with van der Waals surface area (Å²) < 4.78 is 14.3. The smallest absolute Gasteiger partial charge is 0.127 e. The first-order valence-corrected chi connectivity index (χ1v) is 6.27. The largest absolute Gasteiger partial charge is 0.327 e. The molecule has 2 N–H and O–H groups in total. The highest BCUT2D eigenvalue weighted by Gasteiger charge is 2.17. The summed E-state index contributed by atoms with van der Waals surface area (Å²) in [4.78, 5) is 0. The van der Waals surface area contributed by atoms with E-state index in [2.05, 4.69) is 36.7 Å². The number of rotatable bonds is 3. The molecule has 3 heteroatoms. The third-order valence-corrected chi connectivity index (χ3v) is 2.87. The lowest BCUT2D eigenvalue weighted by atomic mass is 9.86. The van der Waals surface area contributed by atoms with Crippen molar-refractivity contribution < 1.29 is 4.39 Å². The molecule has 0 radical (unpaired) electrons. The molecular weight excluding hydrogens is 269 g/mol. The van der Waals surface area contributed by atoms with Crippen LogP contribution in [0.3, 0.4) is 0 Å². The van der Waals surface area contributed by atoms with Gasteiger partial charge >= 0.3 is 0 Å². The Morgan fingerprint density at radius 3 is 2.50 bits per heavy atom. The van der Waals surface area contributed by atoms with E-state index in [9.17, 15) is 4.39 Å². The van der Waals surface area contributed by atoms with Gasteiger partial charge in [-0.3, -0.25) is 0 Å². The van der Waals surface area contributed by atoms with Gasteiger partial charge in [0.25, 0.3) is 0 Å². The predicted molar refractivity (Wildman–Crippen MR) is 69.9 cm³/mol. The van der Waals surface area contributed by atoms with Crippen molar-refractivity contribution >= 4 is 15.9 Å². The lowest BCUT2D eigenvalue weighted by Gasteiger charge is -2.23. The lowest BCUT2D eigenvalue weighted by Crippen LogP contribution is -2.28. The van der Waals surface area contributed by atoms with Gasteiger partial charge in [-0.05, 0) is 36.0 Å². The van der Waals surface area contributed by atoms with Gasteiger partial charge in [-0.1, -0.05) is 42.8 Å². The van der Waals surface area contributed by atoms with Crippen LogP contribution in [0.5, 0.6) is 0 Å². The molecule has 0 fully saturated rings. The van der Waals surface area contributed by atoms with Crippen LogP contribution in [0.15, 0.2) is 22.7 Å². The van der Waals surface area contributed by atoms with E-state index in [1.54, 1.807) is 6.07 Å². The van der Waals surface area contributed by atoms with E-state index in [0.29, 0.717) is 12.0 Å². The van der Waals surface area contributed by atoms with E-state index in [1.807, 2.05) is 6.07 Å². The van der Waals surface area contributed by atoms with Gasteiger partial charge in [0.1, 0.15) is 5.82 Å². The van der Waals surface area contributed by atoms with Crippen molar-refractivity contribution in [3.8, 4) is 0 Å². The Hall–Kier alpha value is -0.410. The van der Waals surface area contributed by atoms with Gasteiger partial charge < -0.3 is 5.73 Å². The van der Waals surface area contributed by atoms with E-state index in [-0.39, 0.29) is 17.3 Å². The van der Waals surface area contributed by atoms with Crippen LogP contribution < -0.4 is 5.73 Å². The summed E-state index contributed by atoms with van der Waals surface area (Å²) in [6, 6.07) is 5.14. The standard InChI is InChI=1S/C13H19BrFN/c1-13(2,3)8-11(16)6-9-4-5-10(14)7-12(9)15/h4-5,7,11H,6,8,16H2,1-3H3. The van der Waals surface area contributed by atoms with E-state index in [1.165, 1.54) is 6.07 Å². The molecule has 1 nitrogen and oxygen atoms in total. The molecule has 0 saturated carbocycles. The molecule has 0 aliphatic carbocycles. The molecule has 1 rings (SSSR count). The van der Waals surface area contributed by atoms with Crippen molar-refractivity contribution in [2.24, 2.45) is 11.1 Å². The van der Waals surface area contributed by atoms with Crippen LogP contribution in [0.1, 0.15) is 32.8 Å². The third-order valence-electron chi connectivity index (χ3n) is 2.37. The van der Waals surface area contributed by atoms with Crippen molar-refractivity contribution in [1.82, 2.24) is 0 Å². The van der Waals surface area contributed by atoms with E-state index in [4.69, 9.17) is 5.73 Å². The molecule has 0 spiro atoms. The highest BCUT2D eigenvalue weighted by molar-refractivity contribution is 9.10. The molecule has 0 bridgehead atoms. The Balaban J connectivity index is 2.66. The molecule has 1 atom stereocenters. The van der Waals surface area contributed by atoms with Gasteiger partial charge in [-0.15, -0.1) is 0 Å². The van der Waals surface area contributed by atoms with Crippen LogP contribution in [0.4, 0.5) is 4.39 Å². The fourth-order valence-corrected chi connectivity index (χ4v) is 2.16. The van der Waals surface area contributed by atoms with Crippen molar-refractivity contribution in [2.45, 2.75) is 39.7 Å². The molecule has 0 saturated heterocycles. The Labute approximate surface area is 105 Å². The number of halogens is 2. The first-order valence-electron chi connectivity index (χ1n) is 5.47. The molecule has 1 unspecified atom stereocenters. The lowest BCUT2D eigenvalue weighted by molar-refractivity contribution is 0.337. The summed E-state index contributed by atoms with van der Waals surface area (Å²) >= 11 is 3.24. The molecule has 0 aromatic heterocycles. The van der Waals surface area contributed by atoms with Gasteiger partial charge in [0.2, 0.25) is 0 Å². The summed E-state index contributed by atoms with van der Waals surface area (Å²) in [5.41, 5.74) is 6.90. The van der Waals surface area contributed by atoms with E-state index >= 15 is 0 Å². The Kier molecular flexibility index (Phi) is 4.51. The summed E-state index contributed by atoms with van der Waals surface area (Å²) in [7, 11) is 0. The summed E-state index contributed by atoms with van der Waals surface area (Å²) in [6.45, 7) is 6.43. The molecule has 0 heterocycles. The molecule has 0 aliphatic heterocycles. The SMILES string of the molecule is CC(C)(C)CC(N)Cc1ccc(Br)cc1F. The summed E-state index contributed by atoms with van der Waals surface area (Å²) in [5, 5.41) is 0. The van der Waals surface area contributed by atoms with Crippen LogP contribution in [0.25, 0.3) is 0 Å². The summed E-state index contributed by atoms with van der Waals surface area (Å²) in [5.74, 6) is -0.182. The minimum absolute atomic E-state index is 0.00988. The first kappa shape index (κ1) is 13.7. The molecular formula is C13H19BrFN. The zero-order valence-corrected chi connectivity index (χ0v) is 11.6. The maximum Gasteiger partial charge on any atom is 0.127 e. The zero-order valence-electron chi connectivity index (χ0n) is 10.1. The van der Waals surface area contributed by atoms with Crippen molar-refractivity contribution in [3.63, 3.8) is 0 Å². The van der Waals surface area contributed by atoms with Crippen LogP contribution in [-0.4, -0.2) is 6.04 Å². The van der Waals surface area contributed by atoms with Crippen LogP contribution >= 0.6 is 15.9 Å². The van der Waals surface area contributed by atoms with Gasteiger partial charge in [0.05, 0.1) is 0 Å². The fraction of sp³-hybridized carbons (Fsp3) is 0.538. The quantitative estimate of drug-likeness (QED) is 0.897. The normalized spacial score (nSPS) is 13.9. The van der Waals surface area contributed by atoms with Crippen LogP contribution in [0.2, 0.25) is 0 Å². The maximum atomic E-state index is 13.6. The molecule has 1 aromatic carbocycles. The Bertz CT molecular complexity index is 357. The second-order valence-corrected chi connectivity index (χ2v) is 6.38. The number of nitrogens with two attached hydrogens (primary N) is 1. The van der Waals surface area contributed by atoms with Gasteiger partial charge in [-0.25, -0.2) is 4.39 Å². The topological polar surface area (TPSA) is 26.0 Å². The predicted octanol–water partition coefficient (Wildman–Crippen LogP) is 3.89. The average Bonchev–Trinajstić information content (AvgIpc) is 2.06. The van der Waals surface area contributed by atoms with Gasteiger partial charge in [0, 0.05) is 10.5 Å². The van der Waals surface area contributed by atoms with E-state index < -0.39 is 0 Å². The van der Waals surface area contributed by atoms with Crippen molar-refractivity contribution in [1.29, 1.82) is 0 Å².